The van der Waals surface area contributed by atoms with Gasteiger partial charge in [-0.25, -0.2) is 0 Å². The van der Waals surface area contributed by atoms with Crippen LogP contribution in [-0.4, -0.2) is 29.9 Å². The quantitative estimate of drug-likeness (QED) is 0.809. The molecule has 0 radical (unpaired) electrons. The van der Waals surface area contributed by atoms with Gasteiger partial charge in [-0.05, 0) is 49.6 Å². The molecule has 1 aliphatic heterocycles. The van der Waals surface area contributed by atoms with Gasteiger partial charge < -0.3 is 15.0 Å². The van der Waals surface area contributed by atoms with Gasteiger partial charge in [0.25, 0.3) is 5.91 Å². The summed E-state index contributed by atoms with van der Waals surface area (Å²) in [5.74, 6) is -0.836. The number of fused-ring (bicyclic) bond motifs is 1. The molecule has 0 fully saturated rings. The largest absolute Gasteiger partial charge is 0.452 e. The first-order chi connectivity index (χ1) is 13.3. The number of carbonyl (C=O) groups is 3. The molecule has 0 saturated carbocycles. The molecule has 2 aromatic rings. The van der Waals surface area contributed by atoms with Crippen molar-refractivity contribution in [3.05, 3.63) is 59.7 Å². The number of nitrogens with one attached hydrogen (secondary N) is 1. The predicted octanol–water partition coefficient (Wildman–Crippen LogP) is 3.10. The second kappa shape index (κ2) is 8.25. The van der Waals surface area contributed by atoms with Gasteiger partial charge in [0.05, 0.1) is 6.42 Å². The van der Waals surface area contributed by atoms with E-state index in [1.165, 1.54) is 6.92 Å². The van der Waals surface area contributed by atoms with Crippen molar-refractivity contribution in [2.45, 2.75) is 45.8 Å². The number of carbonyl (C=O) groups excluding carboxylic acids is 3. The Labute approximate surface area is 164 Å². The molecule has 0 spiro atoms. The summed E-state index contributed by atoms with van der Waals surface area (Å²) < 4.78 is 5.39. The molecule has 1 heterocycles. The highest BCUT2D eigenvalue weighted by molar-refractivity contribution is 5.99. The van der Waals surface area contributed by atoms with Crippen molar-refractivity contribution in [1.29, 1.82) is 0 Å². The molecule has 28 heavy (non-hydrogen) atoms. The number of hydrogen-bond donors (Lipinski definition) is 1. The normalized spacial score (nSPS) is 16.2. The van der Waals surface area contributed by atoms with Crippen molar-refractivity contribution < 1.29 is 19.1 Å². The summed E-state index contributed by atoms with van der Waals surface area (Å²) in [6.07, 6.45) is -0.00683. The summed E-state index contributed by atoms with van der Waals surface area (Å²) in [6, 6.07) is 14.8. The number of hydrogen-bond acceptors (Lipinski definition) is 4. The minimum absolute atomic E-state index is 0.0346. The molecule has 0 bridgehead atoms. The molecular weight excluding hydrogens is 356 g/mol. The van der Waals surface area contributed by atoms with E-state index in [0.717, 1.165) is 23.2 Å². The Morgan fingerprint density at radius 2 is 1.82 bits per heavy atom. The van der Waals surface area contributed by atoms with Gasteiger partial charge in [0.2, 0.25) is 5.91 Å². The van der Waals surface area contributed by atoms with Crippen LogP contribution in [0.4, 0.5) is 11.4 Å². The Bertz CT molecular complexity index is 892. The van der Waals surface area contributed by atoms with Crippen LogP contribution in [0.3, 0.4) is 0 Å². The molecule has 0 saturated heterocycles. The third-order valence-corrected chi connectivity index (χ3v) is 4.72. The fraction of sp³-hybridized carbons (Fsp3) is 0.318. The number of rotatable bonds is 5. The summed E-state index contributed by atoms with van der Waals surface area (Å²) in [4.78, 5) is 37.9. The molecule has 0 unspecified atom stereocenters. The van der Waals surface area contributed by atoms with Crippen molar-refractivity contribution in [2.75, 3.05) is 10.2 Å². The maximum Gasteiger partial charge on any atom is 0.311 e. The zero-order valence-electron chi connectivity index (χ0n) is 16.3. The summed E-state index contributed by atoms with van der Waals surface area (Å²) >= 11 is 0. The average molecular weight is 380 g/mol. The van der Waals surface area contributed by atoms with Crippen molar-refractivity contribution >= 4 is 29.2 Å². The maximum atomic E-state index is 12.9. The second-order valence-electron chi connectivity index (χ2n) is 7.08. The molecule has 3 rings (SSSR count). The Morgan fingerprint density at radius 3 is 2.50 bits per heavy atom. The van der Waals surface area contributed by atoms with E-state index in [4.69, 9.17) is 4.74 Å². The molecular formula is C22H24N2O4. The lowest BCUT2D eigenvalue weighted by atomic mass is 10.1. The van der Waals surface area contributed by atoms with E-state index in [1.54, 1.807) is 36.1 Å². The lowest BCUT2D eigenvalue weighted by molar-refractivity contribution is -0.153. The first-order valence-electron chi connectivity index (χ1n) is 9.32. The molecule has 1 N–H and O–H groups in total. The van der Waals surface area contributed by atoms with E-state index in [0.29, 0.717) is 5.69 Å². The van der Waals surface area contributed by atoms with Gasteiger partial charge in [-0.1, -0.05) is 30.3 Å². The molecule has 2 amide bonds. The SMILES string of the molecule is CC(=O)Nc1ccc(CC(=O)O[C@@H](C)C(=O)N2c3ccccc3C[C@@H]2C)cc1. The van der Waals surface area contributed by atoms with Gasteiger partial charge in [-0.2, -0.15) is 0 Å². The first-order valence-corrected chi connectivity index (χ1v) is 9.32. The Morgan fingerprint density at radius 1 is 1.14 bits per heavy atom. The molecule has 146 valence electrons. The predicted molar refractivity (Wildman–Crippen MR) is 107 cm³/mol. The zero-order chi connectivity index (χ0) is 20.3. The van der Waals surface area contributed by atoms with Crippen LogP contribution < -0.4 is 10.2 Å². The average Bonchev–Trinajstić information content (AvgIpc) is 2.97. The minimum atomic E-state index is -0.861. The van der Waals surface area contributed by atoms with Gasteiger partial charge in [-0.3, -0.25) is 14.4 Å². The lowest BCUT2D eigenvalue weighted by Gasteiger charge is -2.26. The fourth-order valence-electron chi connectivity index (χ4n) is 3.46. The monoisotopic (exact) mass is 380 g/mol. The fourth-order valence-corrected chi connectivity index (χ4v) is 3.46. The molecule has 0 aliphatic carbocycles. The standard InChI is InChI=1S/C22H24N2O4/c1-14-12-18-6-4-5-7-20(18)24(14)22(27)15(2)28-21(26)13-17-8-10-19(11-9-17)23-16(3)25/h4-11,14-15H,12-13H2,1-3H3,(H,23,25)/t14-,15-/m0/s1. The van der Waals surface area contributed by atoms with Gasteiger partial charge in [0.1, 0.15) is 0 Å². The summed E-state index contributed by atoms with van der Waals surface area (Å²) in [6.45, 7) is 5.03. The Balaban J connectivity index is 1.59. The van der Waals surface area contributed by atoms with Crippen LogP contribution in [0.15, 0.2) is 48.5 Å². The van der Waals surface area contributed by atoms with Crippen molar-refractivity contribution in [1.82, 2.24) is 0 Å². The summed E-state index contributed by atoms with van der Waals surface area (Å²) in [5, 5.41) is 2.67. The highest BCUT2D eigenvalue weighted by Gasteiger charge is 2.34. The van der Waals surface area contributed by atoms with Gasteiger partial charge in [-0.15, -0.1) is 0 Å². The Hall–Kier alpha value is -3.15. The lowest BCUT2D eigenvalue weighted by Crippen LogP contribution is -2.43. The van der Waals surface area contributed by atoms with Crippen LogP contribution >= 0.6 is 0 Å². The van der Waals surface area contributed by atoms with Gasteiger partial charge in [0.15, 0.2) is 6.10 Å². The number of nitrogens with zero attached hydrogens (tertiary/aromatic N) is 1. The number of ether oxygens (including phenoxy) is 1. The highest BCUT2D eigenvalue weighted by atomic mass is 16.5. The van der Waals surface area contributed by atoms with Gasteiger partial charge >= 0.3 is 5.97 Å². The van der Waals surface area contributed by atoms with E-state index < -0.39 is 12.1 Å². The molecule has 2 aromatic carbocycles. The van der Waals surface area contributed by atoms with Crippen LogP contribution in [0, 0.1) is 0 Å². The molecule has 2 atom stereocenters. The van der Waals surface area contributed by atoms with Crippen LogP contribution in [0.25, 0.3) is 0 Å². The van der Waals surface area contributed by atoms with Crippen LogP contribution in [0.5, 0.6) is 0 Å². The van der Waals surface area contributed by atoms with Crippen LogP contribution in [0.1, 0.15) is 31.9 Å². The number of esters is 1. The first kappa shape index (κ1) is 19.6. The number of para-hydroxylation sites is 1. The smallest absolute Gasteiger partial charge is 0.311 e. The van der Waals surface area contributed by atoms with E-state index in [2.05, 4.69) is 5.32 Å². The zero-order valence-corrected chi connectivity index (χ0v) is 16.3. The summed E-state index contributed by atoms with van der Waals surface area (Å²) in [7, 11) is 0. The van der Waals surface area contributed by atoms with Crippen molar-refractivity contribution in [3.8, 4) is 0 Å². The number of amides is 2. The topological polar surface area (TPSA) is 75.7 Å². The number of anilines is 2. The van der Waals surface area contributed by atoms with Gasteiger partial charge in [0, 0.05) is 24.3 Å². The van der Waals surface area contributed by atoms with Crippen molar-refractivity contribution in [3.63, 3.8) is 0 Å². The molecule has 6 heteroatoms. The van der Waals surface area contributed by atoms with E-state index in [1.807, 2.05) is 31.2 Å². The maximum absolute atomic E-state index is 12.9. The van der Waals surface area contributed by atoms with Crippen LogP contribution in [0.2, 0.25) is 0 Å². The third kappa shape index (κ3) is 4.39. The Kier molecular flexibility index (Phi) is 5.78. The highest BCUT2D eigenvalue weighted by Crippen LogP contribution is 2.32. The van der Waals surface area contributed by atoms with Crippen molar-refractivity contribution in [2.24, 2.45) is 0 Å². The number of benzene rings is 2. The van der Waals surface area contributed by atoms with E-state index >= 15 is 0 Å². The van der Waals surface area contributed by atoms with E-state index in [9.17, 15) is 14.4 Å². The molecule has 6 nitrogen and oxygen atoms in total. The van der Waals surface area contributed by atoms with E-state index in [-0.39, 0.29) is 24.3 Å². The molecule has 1 aliphatic rings. The second-order valence-corrected chi connectivity index (χ2v) is 7.08. The summed E-state index contributed by atoms with van der Waals surface area (Å²) in [5.41, 5.74) is 3.42. The van der Waals surface area contributed by atoms with Crippen LogP contribution in [-0.2, 0) is 32.0 Å². The minimum Gasteiger partial charge on any atom is -0.452 e. The molecule has 0 aromatic heterocycles. The third-order valence-electron chi connectivity index (χ3n) is 4.72.